The van der Waals surface area contributed by atoms with Crippen LogP contribution in [0, 0.1) is 20.8 Å². The fraction of sp³-hybridized carbons (Fsp3) is 0.350. The molecule has 0 bridgehead atoms. The molecule has 0 aliphatic heterocycles. The Morgan fingerprint density at radius 3 is 2.46 bits per heavy atom. The fourth-order valence-corrected chi connectivity index (χ4v) is 2.56. The number of aryl methyl sites for hydroxylation is 3. The van der Waals surface area contributed by atoms with Crippen molar-refractivity contribution in [1.82, 2.24) is 0 Å². The molecule has 140 valence electrons. The Balaban J connectivity index is 2.28. The predicted octanol–water partition coefficient (Wildman–Crippen LogP) is 5.07. The molecule has 0 spiro atoms. The third-order valence-corrected chi connectivity index (χ3v) is 4.02. The summed E-state index contributed by atoms with van der Waals surface area (Å²) in [6.45, 7) is 7.39. The molecule has 0 aromatic heterocycles. The number of halogens is 1. The molecular weight excluding hydrogens is 337 g/mol. The van der Waals surface area contributed by atoms with E-state index in [0.29, 0.717) is 23.6 Å². The van der Waals surface area contributed by atoms with E-state index in [4.69, 9.17) is 9.47 Å². The van der Waals surface area contributed by atoms with Crippen molar-refractivity contribution in [1.29, 1.82) is 0 Å². The van der Waals surface area contributed by atoms with Gasteiger partial charge in [-0.2, -0.15) is 0 Å². The molecule has 0 unspecified atom stereocenters. The molecule has 0 saturated heterocycles. The van der Waals surface area contributed by atoms with Crippen molar-refractivity contribution in [2.24, 2.45) is 0 Å². The zero-order valence-electron chi connectivity index (χ0n) is 15.5. The predicted molar refractivity (Wildman–Crippen MR) is 98.7 cm³/mol. The van der Waals surface area contributed by atoms with Crippen LogP contribution in [0.3, 0.4) is 0 Å². The zero-order chi connectivity index (χ0) is 19.1. The number of amides is 1. The van der Waals surface area contributed by atoms with Crippen LogP contribution < -0.4 is 14.8 Å². The second-order valence-corrected chi connectivity index (χ2v) is 5.87. The Labute approximate surface area is 153 Å². The lowest BCUT2D eigenvalue weighted by Crippen LogP contribution is -2.15. The third-order valence-electron chi connectivity index (χ3n) is 4.02. The van der Waals surface area contributed by atoms with E-state index in [1.54, 1.807) is 18.2 Å². The Morgan fingerprint density at radius 2 is 1.77 bits per heavy atom. The van der Waals surface area contributed by atoms with Crippen molar-refractivity contribution in [3.63, 3.8) is 0 Å². The summed E-state index contributed by atoms with van der Waals surface area (Å²) in [5.41, 5.74) is 4.46. The van der Waals surface area contributed by atoms with Gasteiger partial charge in [-0.1, -0.05) is 12.1 Å². The topological polar surface area (TPSA) is 56.8 Å². The van der Waals surface area contributed by atoms with E-state index in [1.807, 2.05) is 26.8 Å². The summed E-state index contributed by atoms with van der Waals surface area (Å²) in [5, 5.41) is 2.52. The van der Waals surface area contributed by atoms with Crippen molar-refractivity contribution >= 4 is 11.8 Å². The monoisotopic (exact) mass is 361 g/mol. The molecule has 0 saturated carbocycles. The lowest BCUT2D eigenvalue weighted by atomic mass is 10.1. The maximum Gasteiger partial charge on any atom is 0.413 e. The third kappa shape index (κ3) is 4.88. The van der Waals surface area contributed by atoms with Crippen molar-refractivity contribution < 1.29 is 23.4 Å². The lowest BCUT2D eigenvalue weighted by molar-refractivity contribution is 0.111. The summed E-state index contributed by atoms with van der Waals surface area (Å²) in [4.78, 5) is 11.6. The van der Waals surface area contributed by atoms with Crippen LogP contribution in [0.5, 0.6) is 11.5 Å². The second kappa shape index (κ2) is 9.08. The molecule has 6 heteroatoms. The molecule has 0 heterocycles. The van der Waals surface area contributed by atoms with Gasteiger partial charge in [-0.3, -0.25) is 5.32 Å². The van der Waals surface area contributed by atoms with Crippen molar-refractivity contribution in [2.75, 3.05) is 18.8 Å². The smallest absolute Gasteiger partial charge is 0.413 e. The average molecular weight is 361 g/mol. The minimum atomic E-state index is -1.19. The van der Waals surface area contributed by atoms with E-state index in [1.165, 1.54) is 5.56 Å². The molecule has 1 amide bonds. The highest BCUT2D eigenvalue weighted by atomic mass is 19.1. The van der Waals surface area contributed by atoms with Gasteiger partial charge < -0.3 is 14.2 Å². The molecule has 2 rings (SSSR count). The van der Waals surface area contributed by atoms with Crippen LogP contribution in [0.4, 0.5) is 14.9 Å². The molecule has 2 aromatic rings. The molecule has 0 fully saturated rings. The van der Waals surface area contributed by atoms with Gasteiger partial charge in [-0.25, -0.2) is 9.18 Å². The Morgan fingerprint density at radius 1 is 1.04 bits per heavy atom. The highest BCUT2D eigenvalue weighted by molar-refractivity contribution is 5.86. The van der Waals surface area contributed by atoms with E-state index < -0.39 is 13.0 Å². The van der Waals surface area contributed by atoms with Crippen molar-refractivity contribution in [2.45, 2.75) is 34.3 Å². The molecular formula is C20H24FNO4. The van der Waals surface area contributed by atoms with Gasteiger partial charge in [0.1, 0.15) is 18.1 Å². The number of hydrogen-bond acceptors (Lipinski definition) is 4. The van der Waals surface area contributed by atoms with E-state index in [-0.39, 0.29) is 6.61 Å². The van der Waals surface area contributed by atoms with E-state index in [2.05, 4.69) is 23.0 Å². The summed E-state index contributed by atoms with van der Waals surface area (Å²) in [6.07, 6.45) is -0.871. The number of carbonyl (C=O) groups excluding carboxylic acids is 1. The van der Waals surface area contributed by atoms with Crippen molar-refractivity contribution in [3.05, 3.63) is 52.6 Å². The Kier molecular flexibility index (Phi) is 6.83. The first-order valence-electron chi connectivity index (χ1n) is 8.41. The second-order valence-electron chi connectivity index (χ2n) is 5.87. The van der Waals surface area contributed by atoms with Gasteiger partial charge in [0.25, 0.3) is 0 Å². The number of carbonyl (C=O) groups is 1. The summed E-state index contributed by atoms with van der Waals surface area (Å²) in [7, 11) is 0. The van der Waals surface area contributed by atoms with E-state index in [9.17, 15) is 9.18 Å². The SMILES string of the molecule is CCOc1cccc(NC(=O)OCF)c1COc1cc(C)c(C)cc1C. The summed E-state index contributed by atoms with van der Waals surface area (Å²) >= 11 is 0. The van der Waals surface area contributed by atoms with Gasteiger partial charge >= 0.3 is 6.09 Å². The Hall–Kier alpha value is -2.76. The van der Waals surface area contributed by atoms with Crippen LogP contribution in [0.15, 0.2) is 30.3 Å². The first kappa shape index (κ1) is 19.6. The van der Waals surface area contributed by atoms with Crippen LogP contribution in [-0.2, 0) is 11.3 Å². The van der Waals surface area contributed by atoms with Gasteiger partial charge in [0, 0.05) is 0 Å². The molecule has 2 aromatic carbocycles. The number of anilines is 1. The highest BCUT2D eigenvalue weighted by Gasteiger charge is 2.14. The quantitative estimate of drug-likeness (QED) is 0.748. The maximum absolute atomic E-state index is 12.2. The van der Waals surface area contributed by atoms with Gasteiger partial charge in [0.05, 0.1) is 17.9 Å². The van der Waals surface area contributed by atoms with Gasteiger partial charge in [-0.05, 0) is 62.6 Å². The van der Waals surface area contributed by atoms with Crippen LogP contribution in [0.2, 0.25) is 0 Å². The number of hydrogen-bond donors (Lipinski definition) is 1. The average Bonchev–Trinajstić information content (AvgIpc) is 2.59. The van der Waals surface area contributed by atoms with Crippen LogP contribution >= 0.6 is 0 Å². The standard InChI is InChI=1S/C20H24FNO4/c1-5-24-18-8-6-7-17(22-20(23)26-12-21)16(18)11-25-19-10-14(3)13(2)9-15(19)4/h6-10H,5,11-12H2,1-4H3,(H,22,23). The molecule has 1 N–H and O–H groups in total. The normalized spacial score (nSPS) is 10.3. The first-order chi connectivity index (χ1) is 12.5. The van der Waals surface area contributed by atoms with Gasteiger partial charge in [0.2, 0.25) is 6.86 Å². The molecule has 26 heavy (non-hydrogen) atoms. The van der Waals surface area contributed by atoms with Crippen molar-refractivity contribution in [3.8, 4) is 11.5 Å². The first-order valence-corrected chi connectivity index (χ1v) is 8.41. The van der Waals surface area contributed by atoms with Crippen LogP contribution in [0.1, 0.15) is 29.2 Å². The molecule has 0 aliphatic rings. The number of rotatable bonds is 7. The number of ether oxygens (including phenoxy) is 3. The fourth-order valence-electron chi connectivity index (χ4n) is 2.56. The lowest BCUT2D eigenvalue weighted by Gasteiger charge is -2.17. The van der Waals surface area contributed by atoms with E-state index in [0.717, 1.165) is 16.9 Å². The van der Waals surface area contributed by atoms with E-state index >= 15 is 0 Å². The van der Waals surface area contributed by atoms with Crippen LogP contribution in [-0.4, -0.2) is 19.6 Å². The number of alkyl halides is 1. The maximum atomic E-state index is 12.2. The number of nitrogens with one attached hydrogen (secondary N) is 1. The summed E-state index contributed by atoms with van der Waals surface area (Å²) in [5.74, 6) is 1.35. The Bertz CT molecular complexity index is 777. The minimum Gasteiger partial charge on any atom is -0.493 e. The molecule has 5 nitrogen and oxygen atoms in total. The summed E-state index contributed by atoms with van der Waals surface area (Å²) < 4.78 is 28.1. The molecule has 0 radical (unpaired) electrons. The van der Waals surface area contributed by atoms with Gasteiger partial charge in [0.15, 0.2) is 0 Å². The molecule has 0 aliphatic carbocycles. The van der Waals surface area contributed by atoms with Crippen LogP contribution in [0.25, 0.3) is 0 Å². The van der Waals surface area contributed by atoms with Gasteiger partial charge in [-0.15, -0.1) is 0 Å². The molecule has 0 atom stereocenters. The minimum absolute atomic E-state index is 0.185. The highest BCUT2D eigenvalue weighted by Crippen LogP contribution is 2.30. The summed E-state index contributed by atoms with van der Waals surface area (Å²) in [6, 6.07) is 9.27. The number of benzene rings is 2. The zero-order valence-corrected chi connectivity index (χ0v) is 15.5. The largest absolute Gasteiger partial charge is 0.493 e.